The van der Waals surface area contributed by atoms with Gasteiger partial charge >= 0.3 is 0 Å². The average Bonchev–Trinajstić information content (AvgIpc) is 2.38. The standard InChI is InChI=1S/C14H17N3/c1-4-11-5-7-12(8-6-11)13-9-14(15-3)17-10(2)16-13/h5-9H,4H2,1-3H3,(H,15,16,17). The summed E-state index contributed by atoms with van der Waals surface area (Å²) < 4.78 is 0. The van der Waals surface area contributed by atoms with E-state index in [4.69, 9.17) is 0 Å². The van der Waals surface area contributed by atoms with Crippen LogP contribution in [0.15, 0.2) is 30.3 Å². The van der Waals surface area contributed by atoms with E-state index >= 15 is 0 Å². The molecule has 1 aromatic carbocycles. The van der Waals surface area contributed by atoms with E-state index in [1.165, 1.54) is 5.56 Å². The Bertz CT molecular complexity index is 503. The van der Waals surface area contributed by atoms with Crippen LogP contribution in [0.1, 0.15) is 18.3 Å². The lowest BCUT2D eigenvalue weighted by molar-refractivity contribution is 1.06. The fourth-order valence-corrected chi connectivity index (χ4v) is 1.75. The summed E-state index contributed by atoms with van der Waals surface area (Å²) in [6.07, 6.45) is 1.06. The van der Waals surface area contributed by atoms with Gasteiger partial charge < -0.3 is 5.32 Å². The van der Waals surface area contributed by atoms with Crippen LogP contribution in [-0.4, -0.2) is 17.0 Å². The van der Waals surface area contributed by atoms with Gasteiger partial charge in [0.15, 0.2) is 0 Å². The Kier molecular flexibility index (Phi) is 3.38. The van der Waals surface area contributed by atoms with Crippen molar-refractivity contribution in [3.05, 3.63) is 41.7 Å². The van der Waals surface area contributed by atoms with Crippen LogP contribution in [0.2, 0.25) is 0 Å². The van der Waals surface area contributed by atoms with Crippen LogP contribution in [0, 0.1) is 6.92 Å². The highest BCUT2D eigenvalue weighted by Crippen LogP contribution is 2.20. The van der Waals surface area contributed by atoms with E-state index in [0.717, 1.165) is 29.3 Å². The quantitative estimate of drug-likeness (QED) is 0.875. The zero-order chi connectivity index (χ0) is 12.3. The number of rotatable bonds is 3. The maximum atomic E-state index is 4.46. The first-order chi connectivity index (χ1) is 8.22. The molecule has 0 aliphatic carbocycles. The minimum absolute atomic E-state index is 0.784. The molecule has 3 nitrogen and oxygen atoms in total. The third kappa shape index (κ3) is 2.61. The molecule has 0 radical (unpaired) electrons. The van der Waals surface area contributed by atoms with Crippen molar-refractivity contribution in [2.75, 3.05) is 12.4 Å². The molecular formula is C14H17N3. The molecule has 0 saturated carbocycles. The van der Waals surface area contributed by atoms with Crippen molar-refractivity contribution in [1.82, 2.24) is 9.97 Å². The molecule has 0 aliphatic rings. The van der Waals surface area contributed by atoms with Crippen molar-refractivity contribution in [3.63, 3.8) is 0 Å². The Morgan fingerprint density at radius 1 is 1.12 bits per heavy atom. The molecule has 0 spiro atoms. The van der Waals surface area contributed by atoms with E-state index in [1.54, 1.807) is 0 Å². The van der Waals surface area contributed by atoms with Gasteiger partial charge in [-0.3, -0.25) is 0 Å². The average molecular weight is 227 g/mol. The minimum atomic E-state index is 0.784. The largest absolute Gasteiger partial charge is 0.373 e. The van der Waals surface area contributed by atoms with Crippen LogP contribution >= 0.6 is 0 Å². The number of nitrogens with one attached hydrogen (secondary N) is 1. The third-order valence-corrected chi connectivity index (χ3v) is 2.75. The highest BCUT2D eigenvalue weighted by molar-refractivity contribution is 5.62. The normalized spacial score (nSPS) is 10.3. The molecule has 2 rings (SSSR count). The first kappa shape index (κ1) is 11.6. The summed E-state index contributed by atoms with van der Waals surface area (Å²) in [4.78, 5) is 8.75. The second-order valence-electron chi connectivity index (χ2n) is 3.99. The number of benzene rings is 1. The second-order valence-corrected chi connectivity index (χ2v) is 3.99. The van der Waals surface area contributed by atoms with Crippen molar-refractivity contribution in [1.29, 1.82) is 0 Å². The minimum Gasteiger partial charge on any atom is -0.373 e. The summed E-state index contributed by atoms with van der Waals surface area (Å²) in [5.74, 6) is 1.64. The number of nitrogens with zero attached hydrogens (tertiary/aromatic N) is 2. The molecule has 0 atom stereocenters. The van der Waals surface area contributed by atoms with Gasteiger partial charge in [0.05, 0.1) is 5.69 Å². The number of aromatic nitrogens is 2. The number of aryl methyl sites for hydroxylation is 2. The number of hydrogen-bond acceptors (Lipinski definition) is 3. The van der Waals surface area contributed by atoms with Crippen LogP contribution in [0.4, 0.5) is 5.82 Å². The molecule has 1 aromatic heterocycles. The SMILES string of the molecule is CCc1ccc(-c2cc(NC)nc(C)n2)cc1. The first-order valence-electron chi connectivity index (χ1n) is 5.85. The molecule has 0 bridgehead atoms. The topological polar surface area (TPSA) is 37.8 Å². The lowest BCUT2D eigenvalue weighted by atomic mass is 10.1. The number of anilines is 1. The molecule has 1 N–H and O–H groups in total. The molecule has 88 valence electrons. The van der Waals surface area contributed by atoms with Gasteiger partial charge in [0.1, 0.15) is 11.6 Å². The van der Waals surface area contributed by atoms with E-state index in [9.17, 15) is 0 Å². The van der Waals surface area contributed by atoms with E-state index in [2.05, 4.69) is 46.5 Å². The van der Waals surface area contributed by atoms with Crippen LogP contribution in [0.3, 0.4) is 0 Å². The molecule has 3 heteroatoms. The van der Waals surface area contributed by atoms with Crippen LogP contribution in [0.25, 0.3) is 11.3 Å². The lowest BCUT2D eigenvalue weighted by Gasteiger charge is -2.06. The summed E-state index contributed by atoms with van der Waals surface area (Å²) in [6, 6.07) is 10.5. The highest BCUT2D eigenvalue weighted by Gasteiger charge is 2.03. The van der Waals surface area contributed by atoms with Gasteiger partial charge in [0.2, 0.25) is 0 Å². The Labute approximate surface area is 102 Å². The van der Waals surface area contributed by atoms with Crippen LogP contribution in [0.5, 0.6) is 0 Å². The van der Waals surface area contributed by atoms with Gasteiger partial charge in [-0.1, -0.05) is 31.2 Å². The summed E-state index contributed by atoms with van der Waals surface area (Å²) >= 11 is 0. The van der Waals surface area contributed by atoms with Gasteiger partial charge in [0.25, 0.3) is 0 Å². The van der Waals surface area contributed by atoms with Gasteiger partial charge in [-0.05, 0) is 18.9 Å². The maximum Gasteiger partial charge on any atom is 0.130 e. The molecule has 0 aliphatic heterocycles. The third-order valence-electron chi connectivity index (χ3n) is 2.75. The van der Waals surface area contributed by atoms with Gasteiger partial charge in [-0.25, -0.2) is 9.97 Å². The predicted molar refractivity (Wildman–Crippen MR) is 71.1 cm³/mol. The fraction of sp³-hybridized carbons (Fsp3) is 0.286. The van der Waals surface area contributed by atoms with Gasteiger partial charge in [0, 0.05) is 18.7 Å². The molecular weight excluding hydrogens is 210 g/mol. The second kappa shape index (κ2) is 4.95. The highest BCUT2D eigenvalue weighted by atomic mass is 15.0. The smallest absolute Gasteiger partial charge is 0.130 e. The van der Waals surface area contributed by atoms with Crippen molar-refractivity contribution < 1.29 is 0 Å². The van der Waals surface area contributed by atoms with Crippen molar-refractivity contribution >= 4 is 5.82 Å². The Morgan fingerprint density at radius 2 is 1.82 bits per heavy atom. The van der Waals surface area contributed by atoms with Gasteiger partial charge in [-0.15, -0.1) is 0 Å². The van der Waals surface area contributed by atoms with Crippen molar-refractivity contribution in [2.45, 2.75) is 20.3 Å². The zero-order valence-corrected chi connectivity index (χ0v) is 10.5. The maximum absolute atomic E-state index is 4.46. The Hall–Kier alpha value is -1.90. The number of hydrogen-bond donors (Lipinski definition) is 1. The summed E-state index contributed by atoms with van der Waals surface area (Å²) in [6.45, 7) is 4.06. The molecule has 0 unspecified atom stereocenters. The summed E-state index contributed by atoms with van der Waals surface area (Å²) in [7, 11) is 1.87. The first-order valence-corrected chi connectivity index (χ1v) is 5.85. The summed E-state index contributed by atoms with van der Waals surface area (Å²) in [5, 5.41) is 3.05. The van der Waals surface area contributed by atoms with Crippen molar-refractivity contribution in [2.24, 2.45) is 0 Å². The van der Waals surface area contributed by atoms with Crippen LogP contribution in [-0.2, 0) is 6.42 Å². The van der Waals surface area contributed by atoms with Crippen molar-refractivity contribution in [3.8, 4) is 11.3 Å². The zero-order valence-electron chi connectivity index (χ0n) is 10.5. The summed E-state index contributed by atoms with van der Waals surface area (Å²) in [5.41, 5.74) is 3.43. The van der Waals surface area contributed by atoms with Gasteiger partial charge in [-0.2, -0.15) is 0 Å². The Balaban J connectivity index is 2.41. The lowest BCUT2D eigenvalue weighted by Crippen LogP contribution is -1.98. The van der Waals surface area contributed by atoms with E-state index in [0.29, 0.717) is 0 Å². The molecule has 2 aromatic rings. The molecule has 1 heterocycles. The van der Waals surface area contributed by atoms with E-state index < -0.39 is 0 Å². The predicted octanol–water partition coefficient (Wildman–Crippen LogP) is 3.06. The Morgan fingerprint density at radius 3 is 2.41 bits per heavy atom. The van der Waals surface area contributed by atoms with E-state index in [1.807, 2.05) is 20.0 Å². The monoisotopic (exact) mass is 227 g/mol. The molecule has 0 saturated heterocycles. The van der Waals surface area contributed by atoms with Crippen LogP contribution < -0.4 is 5.32 Å². The van der Waals surface area contributed by atoms with E-state index in [-0.39, 0.29) is 0 Å². The molecule has 0 amide bonds. The molecule has 0 fully saturated rings. The fourth-order valence-electron chi connectivity index (χ4n) is 1.75. The molecule has 17 heavy (non-hydrogen) atoms.